The van der Waals surface area contributed by atoms with Gasteiger partial charge in [-0.15, -0.1) is 0 Å². The van der Waals surface area contributed by atoms with Gasteiger partial charge in [-0.1, -0.05) is 160 Å². The average molecular weight is 733 g/mol. The van der Waals surface area contributed by atoms with Gasteiger partial charge in [0.25, 0.3) is 0 Å². The van der Waals surface area contributed by atoms with Crippen molar-refractivity contribution >= 4 is 0 Å². The molecule has 1 heterocycles. The van der Waals surface area contributed by atoms with Crippen molar-refractivity contribution in [2.45, 2.75) is 91.7 Å². The Morgan fingerprint density at radius 3 is 1.18 bits per heavy atom. The second kappa shape index (κ2) is 15.2. The van der Waals surface area contributed by atoms with Gasteiger partial charge in [-0.25, -0.2) is 0 Å². The zero-order valence-electron chi connectivity index (χ0n) is 33.2. The second-order valence-corrected chi connectivity index (χ2v) is 15.8. The van der Waals surface area contributed by atoms with Crippen LogP contribution in [-0.2, 0) is 27.3 Å². The molecule has 0 aromatic heterocycles. The van der Waals surface area contributed by atoms with Gasteiger partial charge in [-0.2, -0.15) is 0 Å². The molecule has 1 aliphatic heterocycles. The highest BCUT2D eigenvalue weighted by Crippen LogP contribution is 2.52. The molecule has 7 rings (SSSR count). The molecule has 6 aromatic carbocycles. The third-order valence-electron chi connectivity index (χ3n) is 10.7. The highest BCUT2D eigenvalue weighted by atomic mass is 16.7. The van der Waals surface area contributed by atoms with Crippen LogP contribution in [0.15, 0.2) is 127 Å². The van der Waals surface area contributed by atoms with Crippen LogP contribution < -0.4 is 4.74 Å². The van der Waals surface area contributed by atoms with Crippen molar-refractivity contribution in [3.63, 3.8) is 0 Å². The van der Waals surface area contributed by atoms with E-state index in [2.05, 4.69) is 24.3 Å². The molecule has 6 aromatic rings. The summed E-state index contributed by atoms with van der Waals surface area (Å²) in [6, 6.07) is 42.3. The van der Waals surface area contributed by atoms with Crippen LogP contribution in [0.5, 0.6) is 5.75 Å². The van der Waals surface area contributed by atoms with Crippen LogP contribution in [0.3, 0.4) is 0 Å². The maximum atomic E-state index is 13.8. The van der Waals surface area contributed by atoms with Gasteiger partial charge in [0.1, 0.15) is 35.8 Å². The molecule has 5 heteroatoms. The summed E-state index contributed by atoms with van der Waals surface area (Å²) in [5, 5.41) is 27.6. The SMILES string of the molecule is Cc1cc(C)cc(C(O)(c2cc(C)cc(C)c2)[C@@H]2OC(c3cccc(OCc4ccccc4)c3)O[C@H]2C(O)(c2cc(C)cc(C)c2)c2cc(C)cc(C)c2)c1. The van der Waals surface area contributed by atoms with Crippen LogP contribution >= 0.6 is 0 Å². The molecule has 1 fully saturated rings. The van der Waals surface area contributed by atoms with Gasteiger partial charge in [0.15, 0.2) is 6.29 Å². The van der Waals surface area contributed by atoms with Crippen LogP contribution in [0.25, 0.3) is 0 Å². The summed E-state index contributed by atoms with van der Waals surface area (Å²) in [5.74, 6) is 0.659. The Morgan fingerprint density at radius 2 is 0.818 bits per heavy atom. The van der Waals surface area contributed by atoms with E-state index >= 15 is 0 Å². The van der Waals surface area contributed by atoms with E-state index in [9.17, 15) is 10.2 Å². The minimum absolute atomic E-state index is 0.403. The fourth-order valence-electron chi connectivity index (χ4n) is 8.49. The standard InChI is InChI=1S/C50H52O5/c1-31-17-32(2)22-41(21-31)49(51,42-23-33(3)18-34(4)24-42)46-47(50(52,43-25-35(5)19-36(6)26-43)44-27-37(7)20-38(8)28-44)55-48(54-46)40-15-12-16-45(29-40)53-30-39-13-10-9-11-14-39/h9-29,46-48,51-52H,30H2,1-8H3/t46-,47-/m1/s1. The van der Waals surface area contributed by atoms with E-state index in [1.807, 2.05) is 159 Å². The number of rotatable bonds is 10. The molecule has 5 nitrogen and oxygen atoms in total. The molecular formula is C50H52O5. The van der Waals surface area contributed by atoms with Gasteiger partial charge in [0, 0.05) is 5.56 Å². The van der Waals surface area contributed by atoms with E-state index in [-0.39, 0.29) is 0 Å². The Labute approximate surface area is 326 Å². The average Bonchev–Trinajstić information content (AvgIpc) is 3.59. The topological polar surface area (TPSA) is 68.2 Å². The zero-order chi connectivity index (χ0) is 39.1. The molecule has 0 spiro atoms. The number of ether oxygens (including phenoxy) is 3. The monoisotopic (exact) mass is 732 g/mol. The molecular weight excluding hydrogens is 681 g/mol. The number of hydrogen-bond donors (Lipinski definition) is 2. The first-order valence-corrected chi connectivity index (χ1v) is 19.1. The molecule has 0 aliphatic carbocycles. The Balaban J connectivity index is 1.46. The first kappa shape index (κ1) is 38.2. The van der Waals surface area contributed by atoms with E-state index in [0.29, 0.717) is 40.2 Å². The Bertz CT molecular complexity index is 2020. The van der Waals surface area contributed by atoms with Crippen molar-refractivity contribution < 1.29 is 24.4 Å². The molecule has 282 valence electrons. The number of benzene rings is 6. The molecule has 2 atom stereocenters. The number of aliphatic hydroxyl groups is 2. The number of aryl methyl sites for hydroxylation is 8. The number of hydrogen-bond acceptors (Lipinski definition) is 5. The van der Waals surface area contributed by atoms with Crippen molar-refractivity contribution in [3.05, 3.63) is 205 Å². The van der Waals surface area contributed by atoms with Crippen molar-refractivity contribution in [2.75, 3.05) is 0 Å². The van der Waals surface area contributed by atoms with Crippen molar-refractivity contribution in [3.8, 4) is 5.75 Å². The van der Waals surface area contributed by atoms with Crippen molar-refractivity contribution in [1.29, 1.82) is 0 Å². The zero-order valence-corrected chi connectivity index (χ0v) is 33.2. The summed E-state index contributed by atoms with van der Waals surface area (Å²) in [5.41, 5.74) is 8.95. The smallest absolute Gasteiger partial charge is 0.185 e. The lowest BCUT2D eigenvalue weighted by atomic mass is 9.70. The second-order valence-electron chi connectivity index (χ2n) is 15.8. The third-order valence-corrected chi connectivity index (χ3v) is 10.7. The normalized spacial score (nSPS) is 16.4. The van der Waals surface area contributed by atoms with Gasteiger partial charge in [0.05, 0.1) is 0 Å². The summed E-state index contributed by atoms with van der Waals surface area (Å²) >= 11 is 0. The van der Waals surface area contributed by atoms with Crippen molar-refractivity contribution in [2.24, 2.45) is 0 Å². The Morgan fingerprint density at radius 1 is 0.455 bits per heavy atom. The quantitative estimate of drug-likeness (QED) is 0.147. The summed E-state index contributed by atoms with van der Waals surface area (Å²) < 4.78 is 20.5. The highest BCUT2D eigenvalue weighted by Gasteiger charge is 2.60. The van der Waals surface area contributed by atoms with Crippen LogP contribution in [0.1, 0.15) is 84.2 Å². The van der Waals surface area contributed by atoms with Crippen LogP contribution in [0.2, 0.25) is 0 Å². The van der Waals surface area contributed by atoms with Gasteiger partial charge >= 0.3 is 0 Å². The Kier molecular flexibility index (Phi) is 10.6. The van der Waals surface area contributed by atoms with E-state index in [4.69, 9.17) is 14.2 Å². The van der Waals surface area contributed by atoms with E-state index in [0.717, 1.165) is 50.1 Å². The predicted octanol–water partition coefficient (Wildman–Crippen LogP) is 10.4. The maximum absolute atomic E-state index is 13.8. The van der Waals surface area contributed by atoms with Gasteiger partial charge < -0.3 is 24.4 Å². The summed E-state index contributed by atoms with van der Waals surface area (Å²) in [6.45, 7) is 16.7. The maximum Gasteiger partial charge on any atom is 0.185 e. The summed E-state index contributed by atoms with van der Waals surface area (Å²) in [7, 11) is 0. The minimum atomic E-state index is -1.76. The molecule has 55 heavy (non-hydrogen) atoms. The molecule has 1 saturated heterocycles. The van der Waals surface area contributed by atoms with Crippen LogP contribution in [-0.4, -0.2) is 22.4 Å². The van der Waals surface area contributed by atoms with Crippen LogP contribution in [0, 0.1) is 55.4 Å². The molecule has 0 radical (unpaired) electrons. The predicted molar refractivity (Wildman–Crippen MR) is 219 cm³/mol. The lowest BCUT2D eigenvalue weighted by molar-refractivity contribution is -0.110. The van der Waals surface area contributed by atoms with Gasteiger partial charge in [-0.3, -0.25) is 0 Å². The fourth-order valence-corrected chi connectivity index (χ4v) is 8.49. The molecule has 0 saturated carbocycles. The Hall–Kier alpha value is -5.04. The van der Waals surface area contributed by atoms with E-state index in [1.54, 1.807) is 0 Å². The highest BCUT2D eigenvalue weighted by molar-refractivity contribution is 5.49. The fraction of sp³-hybridized carbons (Fsp3) is 0.280. The molecule has 1 aliphatic rings. The summed E-state index contributed by atoms with van der Waals surface area (Å²) in [6.07, 6.45) is -3.15. The molecule has 2 N–H and O–H groups in total. The first-order chi connectivity index (χ1) is 26.2. The minimum Gasteiger partial charge on any atom is -0.489 e. The molecule has 0 unspecified atom stereocenters. The van der Waals surface area contributed by atoms with E-state index in [1.165, 1.54) is 0 Å². The molecule has 0 bridgehead atoms. The van der Waals surface area contributed by atoms with Crippen LogP contribution in [0.4, 0.5) is 0 Å². The third kappa shape index (κ3) is 7.76. The first-order valence-electron chi connectivity index (χ1n) is 19.1. The van der Waals surface area contributed by atoms with E-state index < -0.39 is 29.7 Å². The lowest BCUT2D eigenvalue weighted by Crippen LogP contribution is -2.55. The van der Waals surface area contributed by atoms with Gasteiger partial charge in [-0.05, 0) is 95.3 Å². The summed E-state index contributed by atoms with van der Waals surface area (Å²) in [4.78, 5) is 0. The van der Waals surface area contributed by atoms with Gasteiger partial charge in [0.2, 0.25) is 0 Å². The largest absolute Gasteiger partial charge is 0.489 e. The lowest BCUT2D eigenvalue weighted by Gasteiger charge is -2.43. The molecule has 0 amide bonds. The van der Waals surface area contributed by atoms with Crippen molar-refractivity contribution in [1.82, 2.24) is 0 Å².